The van der Waals surface area contributed by atoms with Crippen molar-refractivity contribution in [1.82, 2.24) is 0 Å². The maximum atomic E-state index is 10.0. The van der Waals surface area contributed by atoms with E-state index in [2.05, 4.69) is 0 Å². The first kappa shape index (κ1) is 16.7. The highest BCUT2D eigenvalue weighted by atomic mass is 16.7. The molecule has 0 radical (unpaired) electrons. The summed E-state index contributed by atoms with van der Waals surface area (Å²) in [4.78, 5) is 0. The van der Waals surface area contributed by atoms with Crippen LogP contribution in [0, 0.1) is 0 Å². The molecule has 0 aromatic heterocycles. The summed E-state index contributed by atoms with van der Waals surface area (Å²) in [7, 11) is 0. The molecule has 2 aromatic carbocycles. The molecule has 130 valence electrons. The minimum atomic E-state index is -1.57. The number of aliphatic hydroxyl groups is 4. The molecular formula is C16H18O8. The highest BCUT2D eigenvalue weighted by Crippen LogP contribution is 2.40. The Morgan fingerprint density at radius 3 is 2.29 bits per heavy atom. The molecule has 1 aliphatic heterocycles. The number of hydrogen-bond acceptors (Lipinski definition) is 8. The zero-order chi connectivity index (χ0) is 17.4. The van der Waals surface area contributed by atoms with Crippen molar-refractivity contribution in [2.45, 2.75) is 30.7 Å². The van der Waals surface area contributed by atoms with E-state index in [4.69, 9.17) is 9.47 Å². The molecule has 0 amide bonds. The van der Waals surface area contributed by atoms with Gasteiger partial charge in [-0.1, -0.05) is 24.3 Å². The van der Waals surface area contributed by atoms with E-state index < -0.39 is 43.1 Å². The third-order valence-electron chi connectivity index (χ3n) is 4.05. The van der Waals surface area contributed by atoms with Crippen LogP contribution in [0.5, 0.6) is 17.2 Å². The van der Waals surface area contributed by atoms with Crippen LogP contribution < -0.4 is 4.74 Å². The van der Waals surface area contributed by atoms with Gasteiger partial charge in [-0.05, 0) is 0 Å². The van der Waals surface area contributed by atoms with Crippen molar-refractivity contribution in [3.05, 3.63) is 30.3 Å². The molecule has 1 heterocycles. The SMILES string of the molecule is OCC1OC(Oc2cc(O)c(O)c3ccccc23)C(O)C(O)C1O. The van der Waals surface area contributed by atoms with Gasteiger partial charge >= 0.3 is 0 Å². The Kier molecular flexibility index (Phi) is 4.48. The normalized spacial score (nSPS) is 30.4. The van der Waals surface area contributed by atoms with Gasteiger partial charge in [0.1, 0.15) is 30.2 Å². The first-order valence-corrected chi connectivity index (χ1v) is 7.35. The van der Waals surface area contributed by atoms with E-state index in [-0.39, 0.29) is 11.5 Å². The third-order valence-corrected chi connectivity index (χ3v) is 4.05. The molecule has 0 spiro atoms. The lowest BCUT2D eigenvalue weighted by molar-refractivity contribution is -0.277. The van der Waals surface area contributed by atoms with Gasteiger partial charge in [-0.15, -0.1) is 0 Å². The average Bonchev–Trinajstić information content (AvgIpc) is 2.59. The smallest absolute Gasteiger partial charge is 0.229 e. The zero-order valence-corrected chi connectivity index (χ0v) is 12.5. The number of benzene rings is 2. The van der Waals surface area contributed by atoms with Gasteiger partial charge in [0.05, 0.1) is 6.61 Å². The van der Waals surface area contributed by atoms with E-state index >= 15 is 0 Å². The summed E-state index contributed by atoms with van der Waals surface area (Å²) in [5.74, 6) is -0.634. The Labute approximate surface area is 136 Å². The number of ether oxygens (including phenoxy) is 2. The molecule has 8 heteroatoms. The Balaban J connectivity index is 1.96. The van der Waals surface area contributed by atoms with Gasteiger partial charge in [0.2, 0.25) is 6.29 Å². The predicted octanol–water partition coefficient (Wildman–Crippen LogP) is -0.570. The lowest BCUT2D eigenvalue weighted by Gasteiger charge is -2.39. The molecule has 0 bridgehead atoms. The van der Waals surface area contributed by atoms with Gasteiger partial charge in [-0.25, -0.2) is 0 Å². The average molecular weight is 338 g/mol. The number of hydrogen-bond donors (Lipinski definition) is 6. The molecule has 5 atom stereocenters. The first-order valence-electron chi connectivity index (χ1n) is 7.35. The van der Waals surface area contributed by atoms with Crippen LogP contribution in [-0.2, 0) is 4.74 Å². The van der Waals surface area contributed by atoms with E-state index in [1.54, 1.807) is 24.3 Å². The Hall–Kier alpha value is -2.10. The molecule has 1 fully saturated rings. The van der Waals surface area contributed by atoms with E-state index in [9.17, 15) is 30.6 Å². The summed E-state index contributed by atoms with van der Waals surface area (Å²) in [6.45, 7) is -0.577. The largest absolute Gasteiger partial charge is 0.504 e. The zero-order valence-electron chi connectivity index (χ0n) is 12.5. The summed E-state index contributed by atoms with van der Waals surface area (Å²) in [5.41, 5.74) is 0. The van der Waals surface area contributed by atoms with Crippen LogP contribution >= 0.6 is 0 Å². The van der Waals surface area contributed by atoms with E-state index in [0.29, 0.717) is 10.8 Å². The summed E-state index contributed by atoms with van der Waals surface area (Å²) < 4.78 is 10.8. The lowest BCUT2D eigenvalue weighted by Crippen LogP contribution is -2.60. The molecule has 24 heavy (non-hydrogen) atoms. The Morgan fingerprint density at radius 1 is 0.958 bits per heavy atom. The summed E-state index contributed by atoms with van der Waals surface area (Å²) in [5, 5.41) is 59.3. The fourth-order valence-corrected chi connectivity index (χ4v) is 2.70. The fraction of sp³-hybridized carbons (Fsp3) is 0.375. The Bertz CT molecular complexity index is 731. The topological polar surface area (TPSA) is 140 Å². The summed E-state index contributed by atoms with van der Waals surface area (Å²) in [6.07, 6.45) is -7.12. The van der Waals surface area contributed by atoms with Crippen molar-refractivity contribution >= 4 is 10.8 Å². The molecule has 6 N–H and O–H groups in total. The van der Waals surface area contributed by atoms with Crippen LogP contribution in [-0.4, -0.2) is 68.0 Å². The van der Waals surface area contributed by atoms with Gasteiger partial charge in [-0.2, -0.15) is 0 Å². The van der Waals surface area contributed by atoms with Gasteiger partial charge < -0.3 is 40.1 Å². The Morgan fingerprint density at radius 2 is 1.62 bits per heavy atom. The van der Waals surface area contributed by atoms with E-state index in [1.165, 1.54) is 0 Å². The second kappa shape index (κ2) is 6.42. The second-order valence-corrected chi connectivity index (χ2v) is 5.60. The maximum absolute atomic E-state index is 10.0. The minimum Gasteiger partial charge on any atom is -0.504 e. The van der Waals surface area contributed by atoms with Crippen LogP contribution in [0.4, 0.5) is 0 Å². The summed E-state index contributed by atoms with van der Waals surface area (Å²) in [6, 6.07) is 7.72. The summed E-state index contributed by atoms with van der Waals surface area (Å²) >= 11 is 0. The quantitative estimate of drug-likeness (QED) is 0.409. The predicted molar refractivity (Wildman–Crippen MR) is 81.7 cm³/mol. The monoisotopic (exact) mass is 338 g/mol. The fourth-order valence-electron chi connectivity index (χ4n) is 2.70. The third kappa shape index (κ3) is 2.74. The number of aromatic hydroxyl groups is 2. The van der Waals surface area contributed by atoms with Crippen LogP contribution in [0.25, 0.3) is 10.8 Å². The molecule has 0 aliphatic carbocycles. The van der Waals surface area contributed by atoms with Crippen molar-refractivity contribution in [3.63, 3.8) is 0 Å². The van der Waals surface area contributed by atoms with Gasteiger partial charge in [0, 0.05) is 16.8 Å². The molecule has 3 rings (SSSR count). The van der Waals surface area contributed by atoms with E-state index in [0.717, 1.165) is 6.07 Å². The van der Waals surface area contributed by atoms with Gasteiger partial charge in [0.15, 0.2) is 11.5 Å². The minimum absolute atomic E-state index is 0.102. The van der Waals surface area contributed by atoms with Crippen molar-refractivity contribution in [2.24, 2.45) is 0 Å². The van der Waals surface area contributed by atoms with Crippen LogP contribution in [0.2, 0.25) is 0 Å². The van der Waals surface area contributed by atoms with Crippen LogP contribution in [0.15, 0.2) is 30.3 Å². The number of fused-ring (bicyclic) bond motifs is 1. The van der Waals surface area contributed by atoms with Crippen molar-refractivity contribution < 1.29 is 40.1 Å². The maximum Gasteiger partial charge on any atom is 0.229 e. The highest BCUT2D eigenvalue weighted by molar-refractivity contribution is 5.95. The second-order valence-electron chi connectivity index (χ2n) is 5.60. The van der Waals surface area contributed by atoms with Gasteiger partial charge in [0.25, 0.3) is 0 Å². The van der Waals surface area contributed by atoms with E-state index in [1.807, 2.05) is 0 Å². The number of rotatable bonds is 3. The van der Waals surface area contributed by atoms with Crippen molar-refractivity contribution in [3.8, 4) is 17.2 Å². The van der Waals surface area contributed by atoms with Crippen LogP contribution in [0.1, 0.15) is 0 Å². The number of phenols is 2. The standard InChI is InChI=1S/C16H18O8/c17-6-11-13(20)14(21)15(22)16(24-11)23-10-5-9(18)12(19)8-4-2-1-3-7(8)10/h1-5,11,13-22H,6H2. The first-order chi connectivity index (χ1) is 11.4. The van der Waals surface area contributed by atoms with Crippen molar-refractivity contribution in [2.75, 3.05) is 6.61 Å². The van der Waals surface area contributed by atoms with Crippen molar-refractivity contribution in [1.29, 1.82) is 0 Å². The molecule has 2 aromatic rings. The molecule has 0 saturated carbocycles. The van der Waals surface area contributed by atoms with Gasteiger partial charge in [-0.3, -0.25) is 0 Å². The highest BCUT2D eigenvalue weighted by Gasteiger charge is 2.44. The lowest BCUT2D eigenvalue weighted by atomic mass is 9.99. The molecular weight excluding hydrogens is 320 g/mol. The number of aliphatic hydroxyl groups excluding tert-OH is 4. The molecule has 1 saturated heterocycles. The molecule has 5 unspecified atom stereocenters. The molecule has 1 aliphatic rings. The molecule has 8 nitrogen and oxygen atoms in total. The number of phenolic OH excluding ortho intramolecular Hbond substituents is 2. The van der Waals surface area contributed by atoms with Crippen LogP contribution in [0.3, 0.4) is 0 Å².